The van der Waals surface area contributed by atoms with E-state index in [1.807, 2.05) is 24.4 Å². The van der Waals surface area contributed by atoms with Gasteiger partial charge in [0, 0.05) is 12.4 Å². The van der Waals surface area contributed by atoms with Gasteiger partial charge in [-0.1, -0.05) is 54.6 Å². The molecule has 0 aliphatic carbocycles. The van der Waals surface area contributed by atoms with Gasteiger partial charge in [-0.2, -0.15) is 0 Å². The van der Waals surface area contributed by atoms with Crippen molar-refractivity contribution in [2.24, 2.45) is 4.99 Å². The zero-order chi connectivity index (χ0) is 16.1. The molecule has 3 heteroatoms. The van der Waals surface area contributed by atoms with Gasteiger partial charge in [0.05, 0.1) is 5.69 Å². The average molecular weight is 386 g/mol. The van der Waals surface area contributed by atoms with Crippen molar-refractivity contribution in [3.05, 3.63) is 116 Å². The van der Waals surface area contributed by atoms with Gasteiger partial charge in [0.15, 0.2) is 0 Å². The smallest absolute Gasteiger partial charge is 0.358 e. The van der Waals surface area contributed by atoms with Crippen LogP contribution < -0.4 is 0 Å². The second-order valence-electron chi connectivity index (χ2n) is 5.65. The van der Waals surface area contributed by atoms with Crippen molar-refractivity contribution < 1.29 is 17.1 Å². The molecular formula is C23H26FeN2. The zero-order valence-electron chi connectivity index (χ0n) is 15.8. The molecule has 2 nitrogen and oxygen atoms in total. The average Bonchev–Trinajstić information content (AvgIpc) is 2.59. The second kappa shape index (κ2) is 11.4. The number of aliphatic imine (C=N–C) groups is 1. The van der Waals surface area contributed by atoms with Crippen molar-refractivity contribution >= 4 is 6.21 Å². The van der Waals surface area contributed by atoms with E-state index < -0.39 is 0 Å². The Labute approximate surface area is 168 Å². The minimum absolute atomic E-state index is 0. The van der Waals surface area contributed by atoms with E-state index in [-0.39, 0.29) is 38.0 Å². The van der Waals surface area contributed by atoms with E-state index in [0.717, 1.165) is 5.69 Å². The first-order chi connectivity index (χ1) is 11.3. The van der Waals surface area contributed by atoms with E-state index in [1.165, 1.54) is 22.3 Å². The molecule has 0 unspecified atom stereocenters. The van der Waals surface area contributed by atoms with Crippen LogP contribution in [-0.4, -0.2) is 11.2 Å². The van der Waals surface area contributed by atoms with Crippen molar-refractivity contribution in [1.82, 2.24) is 4.98 Å². The molecule has 0 saturated heterocycles. The summed E-state index contributed by atoms with van der Waals surface area (Å²) in [7, 11) is 0. The summed E-state index contributed by atoms with van der Waals surface area (Å²) in [5, 5.41) is 0. The van der Waals surface area contributed by atoms with Crippen LogP contribution in [0.3, 0.4) is 0 Å². The number of aryl methyl sites for hydroxylation is 2. The van der Waals surface area contributed by atoms with E-state index in [4.69, 9.17) is 4.99 Å². The van der Waals surface area contributed by atoms with Gasteiger partial charge in [-0.05, 0) is 48.2 Å². The summed E-state index contributed by atoms with van der Waals surface area (Å²) in [4.78, 5) is 9.20. The Morgan fingerprint density at radius 1 is 0.769 bits per heavy atom. The summed E-state index contributed by atoms with van der Waals surface area (Å²) >= 11 is 0. The van der Waals surface area contributed by atoms with Gasteiger partial charge in [0.2, 0.25) is 0 Å². The number of rotatable bonds is 4. The Hall–Kier alpha value is -2.22. The summed E-state index contributed by atoms with van der Waals surface area (Å²) in [6, 6.07) is 22.7. The topological polar surface area (TPSA) is 25.2 Å². The van der Waals surface area contributed by atoms with Crippen LogP contribution in [0.1, 0.15) is 34.0 Å². The van der Waals surface area contributed by atoms with Crippen molar-refractivity contribution in [1.29, 1.82) is 0 Å². The van der Waals surface area contributed by atoms with Crippen molar-refractivity contribution in [3.8, 4) is 0 Å². The molecule has 0 saturated carbocycles. The molecule has 136 valence electrons. The molecule has 0 atom stereocenters. The number of hydrogen-bond donors (Lipinski definition) is 0. The minimum Gasteiger partial charge on any atom is -0.358 e. The first kappa shape index (κ1) is 23.8. The largest absolute Gasteiger partial charge is 2.00 e. The van der Waals surface area contributed by atoms with Crippen LogP contribution in [-0.2, 0) is 17.1 Å². The fourth-order valence-electron chi connectivity index (χ4n) is 2.72. The van der Waals surface area contributed by atoms with E-state index in [0.29, 0.717) is 0 Å². The third-order valence-corrected chi connectivity index (χ3v) is 4.01. The number of nitrogens with zero attached hydrogens (tertiary/aromatic N) is 2. The van der Waals surface area contributed by atoms with Crippen LogP contribution in [0.25, 0.3) is 0 Å². The second-order valence-corrected chi connectivity index (χ2v) is 5.65. The minimum atomic E-state index is -0.0144. The summed E-state index contributed by atoms with van der Waals surface area (Å²) in [5.41, 5.74) is 5.83. The van der Waals surface area contributed by atoms with Gasteiger partial charge < -0.3 is 14.9 Å². The quantitative estimate of drug-likeness (QED) is 0.316. The molecule has 0 aliphatic heterocycles. The van der Waals surface area contributed by atoms with Gasteiger partial charge >= 0.3 is 17.1 Å². The molecule has 0 fully saturated rings. The first-order valence-corrected chi connectivity index (χ1v) is 7.81. The van der Waals surface area contributed by atoms with Gasteiger partial charge in [-0.15, -0.1) is 0 Å². The molecule has 0 spiro atoms. The van der Waals surface area contributed by atoms with E-state index in [1.54, 1.807) is 6.20 Å². The summed E-state index contributed by atoms with van der Waals surface area (Å²) in [6.45, 7) is 4.27. The normalized spacial score (nSPS) is 9.96. The molecule has 26 heavy (non-hydrogen) atoms. The Balaban J connectivity index is 0.00000208. The Morgan fingerprint density at radius 2 is 1.27 bits per heavy atom. The standard InChI is InChI=1S/C21H20N2.2CH3.Fe/c1-16-9-3-5-12-19(16)21(20-13-6-4-10-17(20)2)23-15-18-11-7-8-14-22-18;;;/h3-15,21H,1-2H3;2*1H3;/q;2*-1;+2. The fourth-order valence-corrected chi connectivity index (χ4v) is 2.72. The molecule has 0 radical (unpaired) electrons. The van der Waals surface area contributed by atoms with Crippen LogP contribution in [0.5, 0.6) is 0 Å². The number of benzene rings is 2. The SMILES string of the molecule is Cc1ccccc1C(N=Cc1ccccn1)c1ccccc1C.[CH3-].[CH3-].[Fe+2]. The van der Waals surface area contributed by atoms with E-state index >= 15 is 0 Å². The van der Waals surface area contributed by atoms with Crippen LogP contribution in [0, 0.1) is 28.7 Å². The predicted molar refractivity (Wildman–Crippen MR) is 109 cm³/mol. The predicted octanol–water partition coefficient (Wildman–Crippen LogP) is 5.81. The van der Waals surface area contributed by atoms with Crippen LogP contribution in [0.4, 0.5) is 0 Å². The number of hydrogen-bond acceptors (Lipinski definition) is 2. The van der Waals surface area contributed by atoms with E-state index in [2.05, 4.69) is 67.4 Å². The van der Waals surface area contributed by atoms with Crippen LogP contribution in [0.15, 0.2) is 77.9 Å². The Kier molecular flexibility index (Phi) is 10.4. The van der Waals surface area contributed by atoms with Gasteiger partial charge in [0.1, 0.15) is 6.04 Å². The summed E-state index contributed by atoms with van der Waals surface area (Å²) in [6.07, 6.45) is 3.65. The van der Waals surface area contributed by atoms with Crippen LogP contribution >= 0.6 is 0 Å². The molecular weight excluding hydrogens is 360 g/mol. The molecule has 1 aromatic heterocycles. The summed E-state index contributed by atoms with van der Waals surface area (Å²) in [5.74, 6) is 0. The monoisotopic (exact) mass is 386 g/mol. The van der Waals surface area contributed by atoms with E-state index in [9.17, 15) is 0 Å². The first-order valence-electron chi connectivity index (χ1n) is 7.81. The molecule has 0 amide bonds. The maximum atomic E-state index is 4.87. The summed E-state index contributed by atoms with van der Waals surface area (Å²) < 4.78 is 0. The third kappa shape index (κ3) is 5.66. The molecule has 0 bridgehead atoms. The maximum Gasteiger partial charge on any atom is 2.00 e. The van der Waals surface area contributed by atoms with Crippen LogP contribution in [0.2, 0.25) is 0 Å². The molecule has 3 aromatic rings. The molecule has 0 N–H and O–H groups in total. The number of pyridine rings is 1. The fraction of sp³-hybridized carbons (Fsp3) is 0.130. The molecule has 0 aliphatic rings. The molecule has 1 heterocycles. The van der Waals surface area contributed by atoms with Crippen molar-refractivity contribution in [2.45, 2.75) is 19.9 Å². The Bertz CT molecular complexity index is 768. The van der Waals surface area contributed by atoms with Gasteiger partial charge in [-0.25, -0.2) is 0 Å². The third-order valence-electron chi connectivity index (χ3n) is 4.01. The van der Waals surface area contributed by atoms with Gasteiger partial charge in [0.25, 0.3) is 0 Å². The van der Waals surface area contributed by atoms with Gasteiger partial charge in [-0.3, -0.25) is 9.98 Å². The Morgan fingerprint density at radius 3 is 1.73 bits per heavy atom. The van der Waals surface area contributed by atoms with Crippen molar-refractivity contribution in [2.75, 3.05) is 0 Å². The zero-order valence-corrected chi connectivity index (χ0v) is 16.9. The number of aromatic nitrogens is 1. The molecule has 2 aromatic carbocycles. The van der Waals surface area contributed by atoms with Crippen molar-refractivity contribution in [3.63, 3.8) is 0 Å². The molecule has 3 rings (SSSR count). The maximum absolute atomic E-state index is 4.87.